The van der Waals surface area contributed by atoms with Crippen LogP contribution < -0.4 is 4.74 Å². The van der Waals surface area contributed by atoms with Gasteiger partial charge in [0, 0.05) is 6.20 Å². The van der Waals surface area contributed by atoms with Gasteiger partial charge in [0.25, 0.3) is 0 Å². The average Bonchev–Trinajstić information content (AvgIpc) is 2.04. The van der Waals surface area contributed by atoms with Crippen molar-refractivity contribution in [2.45, 2.75) is 26.7 Å². The number of nitrogens with zero attached hydrogens (tertiary/aromatic N) is 1. The van der Waals surface area contributed by atoms with Crippen molar-refractivity contribution in [2.75, 3.05) is 7.11 Å². The Morgan fingerprint density at radius 2 is 2.08 bits per heavy atom. The summed E-state index contributed by atoms with van der Waals surface area (Å²) in [6.07, 6.45) is 1.79. The van der Waals surface area contributed by atoms with E-state index in [1.165, 1.54) is 0 Å². The molecule has 0 radical (unpaired) electrons. The zero-order valence-electron chi connectivity index (χ0n) is 8.39. The first-order valence-corrected chi connectivity index (χ1v) is 4.64. The molecule has 3 heteroatoms. The van der Waals surface area contributed by atoms with E-state index < -0.39 is 0 Å². The van der Waals surface area contributed by atoms with Gasteiger partial charge in [0.1, 0.15) is 5.02 Å². The molecule has 0 aliphatic carbocycles. The molecule has 1 heterocycles. The van der Waals surface area contributed by atoms with Gasteiger partial charge in [-0.1, -0.05) is 25.4 Å². The fourth-order valence-corrected chi connectivity index (χ4v) is 1.91. The third-order valence-corrected chi connectivity index (χ3v) is 2.36. The average molecular weight is 200 g/mol. The summed E-state index contributed by atoms with van der Waals surface area (Å²) in [6, 6.07) is 0. The molecule has 13 heavy (non-hydrogen) atoms. The van der Waals surface area contributed by atoms with E-state index in [2.05, 4.69) is 18.8 Å². The van der Waals surface area contributed by atoms with Gasteiger partial charge in [-0.05, 0) is 24.0 Å². The SMILES string of the molecule is COc1ncc(C)c(C(C)C)c1Cl. The topological polar surface area (TPSA) is 22.1 Å². The predicted octanol–water partition coefficient (Wildman–Crippen LogP) is 3.18. The van der Waals surface area contributed by atoms with Crippen molar-refractivity contribution in [1.29, 1.82) is 0 Å². The number of hydrogen-bond donors (Lipinski definition) is 0. The molecule has 0 unspecified atom stereocenters. The Morgan fingerprint density at radius 1 is 1.46 bits per heavy atom. The minimum absolute atomic E-state index is 0.393. The highest BCUT2D eigenvalue weighted by molar-refractivity contribution is 6.32. The highest BCUT2D eigenvalue weighted by atomic mass is 35.5. The van der Waals surface area contributed by atoms with Gasteiger partial charge < -0.3 is 4.74 Å². The van der Waals surface area contributed by atoms with Crippen LogP contribution in [0.25, 0.3) is 0 Å². The molecule has 0 saturated carbocycles. The van der Waals surface area contributed by atoms with Gasteiger partial charge in [-0.15, -0.1) is 0 Å². The van der Waals surface area contributed by atoms with Crippen molar-refractivity contribution in [1.82, 2.24) is 4.98 Å². The van der Waals surface area contributed by atoms with Gasteiger partial charge in [-0.3, -0.25) is 0 Å². The lowest BCUT2D eigenvalue weighted by Gasteiger charge is -2.13. The monoisotopic (exact) mass is 199 g/mol. The Balaban J connectivity index is 3.30. The highest BCUT2D eigenvalue weighted by Gasteiger charge is 2.13. The van der Waals surface area contributed by atoms with Crippen LogP contribution in [0.2, 0.25) is 5.02 Å². The summed E-state index contributed by atoms with van der Waals surface area (Å²) in [5.74, 6) is 0.903. The molecule has 0 spiro atoms. The molecule has 0 bridgehead atoms. The lowest BCUT2D eigenvalue weighted by atomic mass is 10.00. The highest BCUT2D eigenvalue weighted by Crippen LogP contribution is 2.32. The van der Waals surface area contributed by atoms with E-state index in [9.17, 15) is 0 Å². The Hall–Kier alpha value is -0.760. The Morgan fingerprint density at radius 3 is 2.54 bits per heavy atom. The Kier molecular flexibility index (Phi) is 3.15. The van der Waals surface area contributed by atoms with E-state index in [1.807, 2.05) is 6.92 Å². The van der Waals surface area contributed by atoms with E-state index in [1.54, 1.807) is 13.3 Å². The summed E-state index contributed by atoms with van der Waals surface area (Å²) in [5.41, 5.74) is 2.23. The van der Waals surface area contributed by atoms with Crippen LogP contribution in [0.1, 0.15) is 30.9 Å². The standard InChI is InChI=1S/C10H14ClNO/c1-6(2)8-7(3)5-12-10(13-4)9(8)11/h5-6H,1-4H3. The van der Waals surface area contributed by atoms with Crippen LogP contribution in [0.15, 0.2) is 6.20 Å². The van der Waals surface area contributed by atoms with Gasteiger partial charge in [-0.2, -0.15) is 0 Å². The number of hydrogen-bond acceptors (Lipinski definition) is 2. The largest absolute Gasteiger partial charge is 0.480 e. The van der Waals surface area contributed by atoms with E-state index in [0.717, 1.165) is 11.1 Å². The molecule has 0 saturated heterocycles. The molecule has 0 aromatic carbocycles. The zero-order chi connectivity index (χ0) is 10.0. The van der Waals surface area contributed by atoms with Crippen LogP contribution in [0.3, 0.4) is 0 Å². The van der Waals surface area contributed by atoms with Crippen molar-refractivity contribution in [3.63, 3.8) is 0 Å². The number of rotatable bonds is 2. The third-order valence-electron chi connectivity index (χ3n) is 2.00. The summed E-state index contributed by atoms with van der Waals surface area (Å²) in [5, 5.41) is 0.637. The fraction of sp³-hybridized carbons (Fsp3) is 0.500. The number of pyridine rings is 1. The molecule has 0 N–H and O–H groups in total. The molecule has 1 rings (SSSR count). The lowest BCUT2D eigenvalue weighted by Crippen LogP contribution is -1.98. The Bertz CT molecular complexity index is 310. The van der Waals surface area contributed by atoms with Gasteiger partial charge in [0.2, 0.25) is 5.88 Å². The van der Waals surface area contributed by atoms with Crippen molar-refractivity contribution < 1.29 is 4.74 Å². The third kappa shape index (κ3) is 1.94. The normalized spacial score (nSPS) is 10.6. The molecule has 2 nitrogen and oxygen atoms in total. The summed E-state index contributed by atoms with van der Waals surface area (Å²) in [4.78, 5) is 4.09. The molecule has 0 atom stereocenters. The minimum atomic E-state index is 0.393. The molecule has 0 aliphatic heterocycles. The lowest BCUT2D eigenvalue weighted by molar-refractivity contribution is 0.397. The predicted molar refractivity (Wildman–Crippen MR) is 54.6 cm³/mol. The molecular weight excluding hydrogens is 186 g/mol. The molecule has 1 aromatic rings. The summed E-state index contributed by atoms with van der Waals surface area (Å²) in [7, 11) is 1.58. The number of aromatic nitrogens is 1. The molecule has 0 amide bonds. The van der Waals surface area contributed by atoms with Crippen LogP contribution in [-0.4, -0.2) is 12.1 Å². The van der Waals surface area contributed by atoms with Crippen molar-refractivity contribution >= 4 is 11.6 Å². The maximum atomic E-state index is 6.12. The van der Waals surface area contributed by atoms with Gasteiger partial charge in [0.05, 0.1) is 7.11 Å². The van der Waals surface area contributed by atoms with Crippen LogP contribution >= 0.6 is 11.6 Å². The van der Waals surface area contributed by atoms with E-state index in [0.29, 0.717) is 16.8 Å². The second-order valence-corrected chi connectivity index (χ2v) is 3.71. The molecule has 72 valence electrons. The first kappa shape index (κ1) is 10.3. The van der Waals surface area contributed by atoms with Crippen LogP contribution in [-0.2, 0) is 0 Å². The molecule has 0 fully saturated rings. The zero-order valence-corrected chi connectivity index (χ0v) is 9.14. The summed E-state index contributed by atoms with van der Waals surface area (Å²) in [6.45, 7) is 6.22. The second-order valence-electron chi connectivity index (χ2n) is 3.33. The van der Waals surface area contributed by atoms with E-state index >= 15 is 0 Å². The first-order valence-electron chi connectivity index (χ1n) is 4.27. The quantitative estimate of drug-likeness (QED) is 0.730. The van der Waals surface area contributed by atoms with Gasteiger partial charge >= 0.3 is 0 Å². The van der Waals surface area contributed by atoms with Crippen LogP contribution in [0, 0.1) is 6.92 Å². The maximum absolute atomic E-state index is 6.12. The fourth-order valence-electron chi connectivity index (χ4n) is 1.42. The summed E-state index contributed by atoms with van der Waals surface area (Å²) >= 11 is 6.12. The minimum Gasteiger partial charge on any atom is -0.480 e. The molecular formula is C10H14ClNO. The van der Waals surface area contributed by atoms with Crippen LogP contribution in [0.4, 0.5) is 0 Å². The Labute approximate surface area is 83.9 Å². The van der Waals surface area contributed by atoms with Crippen LogP contribution in [0.5, 0.6) is 5.88 Å². The van der Waals surface area contributed by atoms with Gasteiger partial charge in [-0.25, -0.2) is 4.98 Å². The number of ether oxygens (including phenoxy) is 1. The summed E-state index contributed by atoms with van der Waals surface area (Å²) < 4.78 is 5.05. The smallest absolute Gasteiger partial charge is 0.232 e. The molecule has 1 aromatic heterocycles. The number of aryl methyl sites for hydroxylation is 1. The van der Waals surface area contributed by atoms with Crippen molar-refractivity contribution in [3.05, 3.63) is 22.3 Å². The first-order chi connectivity index (χ1) is 6.07. The van der Waals surface area contributed by atoms with Crippen molar-refractivity contribution in [2.24, 2.45) is 0 Å². The number of methoxy groups -OCH3 is 1. The second kappa shape index (κ2) is 3.97. The van der Waals surface area contributed by atoms with E-state index in [-0.39, 0.29) is 0 Å². The van der Waals surface area contributed by atoms with E-state index in [4.69, 9.17) is 16.3 Å². The van der Waals surface area contributed by atoms with Gasteiger partial charge in [0.15, 0.2) is 0 Å². The number of halogens is 1. The maximum Gasteiger partial charge on any atom is 0.232 e. The van der Waals surface area contributed by atoms with Crippen molar-refractivity contribution in [3.8, 4) is 5.88 Å². The molecule has 0 aliphatic rings.